The Morgan fingerprint density at radius 1 is 1.48 bits per heavy atom. The van der Waals surface area contributed by atoms with Crippen LogP contribution in [-0.2, 0) is 0 Å². The molecule has 1 aliphatic rings. The van der Waals surface area contributed by atoms with E-state index >= 15 is 0 Å². The van der Waals surface area contributed by atoms with Crippen LogP contribution in [0.25, 0.3) is 0 Å². The lowest BCUT2D eigenvalue weighted by molar-refractivity contribution is -0.385. The zero-order valence-electron chi connectivity index (χ0n) is 12.1. The Hall–Kier alpha value is -2.11. The first-order valence-corrected chi connectivity index (χ1v) is 7.33. The van der Waals surface area contributed by atoms with Crippen molar-refractivity contribution in [3.8, 4) is 5.75 Å². The highest BCUT2D eigenvalue weighted by molar-refractivity contribution is 5.95. The fraction of sp³-hybridized carbons (Fsp3) is 0.533. The predicted molar refractivity (Wildman–Crippen MR) is 78.3 cm³/mol. The zero-order valence-corrected chi connectivity index (χ0v) is 12.1. The molecule has 0 saturated carbocycles. The van der Waals surface area contributed by atoms with Gasteiger partial charge < -0.3 is 10.0 Å². The van der Waals surface area contributed by atoms with Crippen LogP contribution in [0.3, 0.4) is 0 Å². The number of phenolic OH excluding ortho intramolecular Hbond substituents is 1. The maximum atomic E-state index is 12.6. The highest BCUT2D eigenvalue weighted by Gasteiger charge is 2.27. The summed E-state index contributed by atoms with van der Waals surface area (Å²) in [6.45, 7) is 2.80. The van der Waals surface area contributed by atoms with Gasteiger partial charge in [-0.2, -0.15) is 0 Å². The van der Waals surface area contributed by atoms with Crippen molar-refractivity contribution in [1.82, 2.24) is 4.90 Å². The molecule has 114 valence electrons. The number of amides is 1. The number of carbonyl (C=O) groups is 1. The number of piperidine rings is 1. The van der Waals surface area contributed by atoms with Gasteiger partial charge in [0, 0.05) is 24.2 Å². The van der Waals surface area contributed by atoms with Crippen molar-refractivity contribution >= 4 is 11.6 Å². The van der Waals surface area contributed by atoms with Crippen molar-refractivity contribution in [3.05, 3.63) is 33.9 Å². The largest absolute Gasteiger partial charge is 0.502 e. The van der Waals surface area contributed by atoms with Gasteiger partial charge in [-0.3, -0.25) is 14.9 Å². The van der Waals surface area contributed by atoms with Gasteiger partial charge in [-0.05, 0) is 37.8 Å². The number of hydrogen-bond donors (Lipinski definition) is 1. The van der Waals surface area contributed by atoms with Crippen LogP contribution in [0.4, 0.5) is 5.69 Å². The van der Waals surface area contributed by atoms with Crippen molar-refractivity contribution < 1.29 is 14.8 Å². The standard InChI is InChI=1S/C15H20N2O4/c1-2-5-12-6-3-4-9-16(12)15(19)11-7-8-13(17(20)21)14(18)10-11/h7-8,10,12,18H,2-6,9H2,1H3. The second-order valence-electron chi connectivity index (χ2n) is 5.40. The molecule has 1 unspecified atom stereocenters. The highest BCUT2D eigenvalue weighted by atomic mass is 16.6. The van der Waals surface area contributed by atoms with Crippen molar-refractivity contribution in [1.29, 1.82) is 0 Å². The lowest BCUT2D eigenvalue weighted by Gasteiger charge is -2.35. The molecule has 6 nitrogen and oxygen atoms in total. The summed E-state index contributed by atoms with van der Waals surface area (Å²) >= 11 is 0. The van der Waals surface area contributed by atoms with Gasteiger partial charge in [0.25, 0.3) is 5.91 Å². The summed E-state index contributed by atoms with van der Waals surface area (Å²) in [4.78, 5) is 24.4. The maximum Gasteiger partial charge on any atom is 0.310 e. The van der Waals surface area contributed by atoms with E-state index < -0.39 is 10.7 Å². The Balaban J connectivity index is 2.22. The third-order valence-corrected chi connectivity index (χ3v) is 3.93. The average Bonchev–Trinajstić information content (AvgIpc) is 2.47. The average molecular weight is 292 g/mol. The molecule has 1 aromatic carbocycles. The van der Waals surface area contributed by atoms with E-state index in [1.54, 1.807) is 0 Å². The second-order valence-corrected chi connectivity index (χ2v) is 5.40. The number of benzene rings is 1. The maximum absolute atomic E-state index is 12.6. The number of aromatic hydroxyl groups is 1. The number of nitro benzene ring substituents is 1. The number of nitro groups is 1. The van der Waals surface area contributed by atoms with Crippen LogP contribution in [0.5, 0.6) is 5.75 Å². The summed E-state index contributed by atoms with van der Waals surface area (Å²) in [7, 11) is 0. The third-order valence-electron chi connectivity index (χ3n) is 3.93. The summed E-state index contributed by atoms with van der Waals surface area (Å²) in [6, 6.07) is 4.02. The van der Waals surface area contributed by atoms with Crippen molar-refractivity contribution in [3.63, 3.8) is 0 Å². The molecule has 1 amide bonds. The summed E-state index contributed by atoms with van der Waals surface area (Å²) in [5.41, 5.74) is -0.0728. The van der Waals surface area contributed by atoms with E-state index in [0.717, 1.165) is 32.1 Å². The fourth-order valence-electron chi connectivity index (χ4n) is 2.88. The molecule has 6 heteroatoms. The lowest BCUT2D eigenvalue weighted by atomic mass is 9.97. The van der Waals surface area contributed by atoms with E-state index in [2.05, 4.69) is 6.92 Å². The molecule has 1 N–H and O–H groups in total. The molecule has 1 fully saturated rings. The van der Waals surface area contributed by atoms with Crippen LogP contribution in [0.1, 0.15) is 49.4 Å². The van der Waals surface area contributed by atoms with Crippen molar-refractivity contribution in [2.45, 2.75) is 45.1 Å². The first-order chi connectivity index (χ1) is 10.0. The Bertz CT molecular complexity index is 542. The Morgan fingerprint density at radius 2 is 2.24 bits per heavy atom. The highest BCUT2D eigenvalue weighted by Crippen LogP contribution is 2.28. The minimum atomic E-state index is -0.662. The molecule has 1 saturated heterocycles. The van der Waals surface area contributed by atoms with E-state index in [1.807, 2.05) is 4.90 Å². The third kappa shape index (κ3) is 3.32. The van der Waals surface area contributed by atoms with Crippen molar-refractivity contribution in [2.24, 2.45) is 0 Å². The van der Waals surface area contributed by atoms with Crippen LogP contribution in [0.2, 0.25) is 0 Å². The van der Waals surface area contributed by atoms with E-state index in [-0.39, 0.29) is 17.6 Å². The molecule has 0 radical (unpaired) electrons. The van der Waals surface area contributed by atoms with Crippen LogP contribution < -0.4 is 0 Å². The fourth-order valence-corrected chi connectivity index (χ4v) is 2.88. The van der Waals surface area contributed by atoms with Crippen LogP contribution in [0.15, 0.2) is 18.2 Å². The molecule has 1 heterocycles. The smallest absolute Gasteiger partial charge is 0.310 e. The first-order valence-electron chi connectivity index (χ1n) is 7.33. The second kappa shape index (κ2) is 6.56. The van der Waals surface area contributed by atoms with E-state index in [1.165, 1.54) is 18.2 Å². The summed E-state index contributed by atoms with van der Waals surface area (Å²) in [6.07, 6.45) is 5.08. The molecule has 2 rings (SSSR count). The van der Waals surface area contributed by atoms with Gasteiger partial charge in [0.2, 0.25) is 0 Å². The summed E-state index contributed by atoms with van der Waals surface area (Å²) in [5.74, 6) is -0.617. The number of phenols is 1. The topological polar surface area (TPSA) is 83.7 Å². The van der Waals surface area contributed by atoms with E-state index in [4.69, 9.17) is 0 Å². The molecule has 21 heavy (non-hydrogen) atoms. The van der Waals surface area contributed by atoms with Crippen LogP contribution in [0, 0.1) is 10.1 Å². The normalized spacial score (nSPS) is 18.5. The molecule has 0 bridgehead atoms. The first kappa shape index (κ1) is 15.3. The molecular formula is C15H20N2O4. The van der Waals surface area contributed by atoms with E-state index in [0.29, 0.717) is 12.1 Å². The summed E-state index contributed by atoms with van der Waals surface area (Å²) in [5, 5.41) is 20.4. The summed E-state index contributed by atoms with van der Waals surface area (Å²) < 4.78 is 0. The minimum absolute atomic E-state index is 0.154. The quantitative estimate of drug-likeness (QED) is 0.682. The minimum Gasteiger partial charge on any atom is -0.502 e. The Labute approximate surface area is 123 Å². The number of hydrogen-bond acceptors (Lipinski definition) is 4. The van der Waals surface area contributed by atoms with Crippen LogP contribution in [-0.4, -0.2) is 33.4 Å². The number of likely N-dealkylation sites (tertiary alicyclic amines) is 1. The van der Waals surface area contributed by atoms with Gasteiger partial charge in [-0.1, -0.05) is 13.3 Å². The number of carbonyl (C=O) groups excluding carboxylic acids is 1. The zero-order chi connectivity index (χ0) is 15.4. The number of rotatable bonds is 4. The van der Waals surface area contributed by atoms with Gasteiger partial charge in [-0.25, -0.2) is 0 Å². The van der Waals surface area contributed by atoms with Crippen LogP contribution >= 0.6 is 0 Å². The molecule has 0 aliphatic carbocycles. The molecule has 1 aromatic rings. The Morgan fingerprint density at radius 3 is 2.86 bits per heavy atom. The Kier molecular flexibility index (Phi) is 4.77. The molecule has 1 atom stereocenters. The SMILES string of the molecule is CCCC1CCCCN1C(=O)c1ccc([N+](=O)[O-])c(O)c1. The van der Waals surface area contributed by atoms with Gasteiger partial charge in [-0.15, -0.1) is 0 Å². The molecular weight excluding hydrogens is 272 g/mol. The van der Waals surface area contributed by atoms with Crippen molar-refractivity contribution in [2.75, 3.05) is 6.54 Å². The van der Waals surface area contributed by atoms with Gasteiger partial charge >= 0.3 is 5.69 Å². The molecule has 0 spiro atoms. The molecule has 0 aromatic heterocycles. The number of nitrogens with zero attached hydrogens (tertiary/aromatic N) is 2. The van der Waals surface area contributed by atoms with Gasteiger partial charge in [0.05, 0.1) is 4.92 Å². The van der Waals surface area contributed by atoms with Gasteiger partial charge in [0.15, 0.2) is 5.75 Å². The monoisotopic (exact) mass is 292 g/mol. The van der Waals surface area contributed by atoms with Gasteiger partial charge in [0.1, 0.15) is 0 Å². The molecule has 1 aliphatic heterocycles. The predicted octanol–water partition coefficient (Wildman–Crippen LogP) is 3.10. The van der Waals surface area contributed by atoms with E-state index in [9.17, 15) is 20.0 Å². The lowest BCUT2D eigenvalue weighted by Crippen LogP contribution is -2.43.